The largest absolute Gasteiger partial charge is 0.691 e. The van der Waals surface area contributed by atoms with Crippen molar-refractivity contribution >= 4 is 67.1 Å². The number of aliphatic carboxylic acids is 1. The molecule has 2 amide bonds. The van der Waals surface area contributed by atoms with Crippen molar-refractivity contribution in [1.82, 2.24) is 10.6 Å². The summed E-state index contributed by atoms with van der Waals surface area (Å²) in [5.74, 6) is -1.56. The molecule has 20 heteroatoms. The highest BCUT2D eigenvalue weighted by Crippen LogP contribution is 2.52. The lowest BCUT2D eigenvalue weighted by Gasteiger charge is -2.30. The van der Waals surface area contributed by atoms with Gasteiger partial charge in [0.05, 0.1) is 28.1 Å². The molecule has 0 bridgehead atoms. The zero-order valence-corrected chi connectivity index (χ0v) is 40.4. The second-order valence-corrected chi connectivity index (χ2v) is 21.9. The van der Waals surface area contributed by atoms with E-state index in [2.05, 4.69) is 38.4 Å². The van der Waals surface area contributed by atoms with Crippen LogP contribution in [0.15, 0.2) is 70.1 Å². The first-order valence-electron chi connectivity index (χ1n) is 22.7. The van der Waals surface area contributed by atoms with E-state index in [1.165, 1.54) is 12.1 Å². The Labute approximate surface area is 392 Å². The van der Waals surface area contributed by atoms with Crippen molar-refractivity contribution < 1.29 is 64.6 Å². The minimum atomic E-state index is -4.59. The number of nitrogens with one attached hydrogen (secondary N) is 2. The lowest BCUT2D eigenvalue weighted by Crippen LogP contribution is -2.36. The number of unbranched alkanes of at least 4 members (excludes halogenated alkanes) is 2. The van der Waals surface area contributed by atoms with E-state index < -0.39 is 42.8 Å². The van der Waals surface area contributed by atoms with E-state index >= 15 is 0 Å². The molecule has 0 saturated heterocycles. The number of hydrogen-bond donors (Lipinski definition) is 5. The first-order chi connectivity index (χ1) is 31.2. The van der Waals surface area contributed by atoms with E-state index in [1.54, 1.807) is 6.07 Å². The van der Waals surface area contributed by atoms with Crippen molar-refractivity contribution in [2.45, 2.75) is 138 Å². The Morgan fingerprint density at radius 1 is 0.894 bits per heavy atom. The number of carbonyl (C=O) groups is 3. The number of anilines is 1. The fourth-order valence-corrected chi connectivity index (χ4v) is 10.8. The van der Waals surface area contributed by atoms with Gasteiger partial charge >= 0.3 is 5.97 Å². The summed E-state index contributed by atoms with van der Waals surface area (Å²) in [6.45, 7) is 7.71. The summed E-state index contributed by atoms with van der Waals surface area (Å²) in [5, 5.41) is 29.4. The second-order valence-electron chi connectivity index (χ2n) is 18.1. The van der Waals surface area contributed by atoms with Gasteiger partial charge in [0.1, 0.15) is 6.54 Å². The number of amides is 2. The molecule has 17 nitrogen and oxygen atoms in total. The van der Waals surface area contributed by atoms with Gasteiger partial charge in [0.25, 0.3) is 20.2 Å². The quantitative estimate of drug-likeness (QED) is 0.0341. The fourth-order valence-electron chi connectivity index (χ4n) is 9.36. The van der Waals surface area contributed by atoms with E-state index in [-0.39, 0.29) is 48.4 Å². The molecule has 5 N–H and O–H groups in total. The van der Waals surface area contributed by atoms with Gasteiger partial charge in [-0.3, -0.25) is 28.5 Å². The summed E-state index contributed by atoms with van der Waals surface area (Å²) in [4.78, 5) is 39.5. The number of rotatable bonds is 14. The maximum Gasteiger partial charge on any atom is 0.303 e. The minimum absolute atomic E-state index is 0.0344. The van der Waals surface area contributed by atoms with Gasteiger partial charge in [0.15, 0.2) is 5.71 Å². The molecule has 364 valence electrons. The molecule has 2 aromatic rings. The molecule has 0 spiro atoms. The molecule has 0 radical (unpaired) electrons. The van der Waals surface area contributed by atoms with Crippen LogP contribution in [-0.4, -0.2) is 91.1 Å². The Morgan fingerprint density at radius 3 is 2.24 bits per heavy atom. The Hall–Kier alpha value is -4.15. The Morgan fingerprint density at radius 2 is 1.59 bits per heavy atom. The predicted molar refractivity (Wildman–Crippen MR) is 248 cm³/mol. The number of carboxylic acids is 1. The third-order valence-electron chi connectivity index (χ3n) is 12.9. The maximum atomic E-state index is 13.1. The van der Waals surface area contributed by atoms with Crippen LogP contribution in [0.4, 0.5) is 11.4 Å². The van der Waals surface area contributed by atoms with Crippen LogP contribution in [0, 0.1) is 5.92 Å². The number of carbonyl (C=O) groups excluding carboxylic acids is 2. The zero-order chi connectivity index (χ0) is 48.1. The summed E-state index contributed by atoms with van der Waals surface area (Å²) in [5.41, 5.74) is 3.53. The SMILES string of the molecule is CC1(C)C2=[N+](CCCCCC(=O)NCC(CCCCCC(=O)O)CNC(=O)CCCCCC3(C)/C(=C/C=C/2)N(CCCS(=O)(=O)O)c2ccc(S(=O)(=O)O)cc23)c2ccc(SOO[O-])cc21. The zero-order valence-electron chi connectivity index (χ0n) is 38.0. The van der Waals surface area contributed by atoms with Gasteiger partial charge in [-0.25, -0.2) is 0 Å². The van der Waals surface area contributed by atoms with Gasteiger partial charge in [-0.1, -0.05) is 31.8 Å². The van der Waals surface area contributed by atoms with Gasteiger partial charge < -0.3 is 25.9 Å². The highest BCUT2D eigenvalue weighted by Gasteiger charge is 2.46. The Kier molecular flexibility index (Phi) is 19.0. The summed E-state index contributed by atoms with van der Waals surface area (Å²) in [7, 11) is -8.88. The first-order valence-corrected chi connectivity index (χ1v) is 26.4. The number of hydrogen-bond acceptors (Lipinski definition) is 12. The van der Waals surface area contributed by atoms with Crippen molar-refractivity contribution in [3.8, 4) is 0 Å². The van der Waals surface area contributed by atoms with Crippen molar-refractivity contribution in [3.05, 3.63) is 71.5 Å². The fraction of sp³-hybridized carbons (Fsp3) is 0.565. The summed E-state index contributed by atoms with van der Waals surface area (Å²) in [6, 6.07) is 10.1. The highest BCUT2D eigenvalue weighted by molar-refractivity contribution is 7.94. The first kappa shape index (κ1) is 52.8. The predicted octanol–water partition coefficient (Wildman–Crippen LogP) is 6.44. The molecule has 3 aliphatic rings. The molecule has 0 fully saturated rings. The number of allylic oxidation sites excluding steroid dienone is 4. The third kappa shape index (κ3) is 14.4. The lowest BCUT2D eigenvalue weighted by molar-refractivity contribution is -0.777. The number of benzene rings is 2. The van der Waals surface area contributed by atoms with E-state index in [0.29, 0.717) is 87.1 Å². The molecule has 2 atom stereocenters. The van der Waals surface area contributed by atoms with Crippen LogP contribution >= 0.6 is 12.0 Å². The molecule has 66 heavy (non-hydrogen) atoms. The Bertz CT molecular complexity index is 2380. The smallest absolute Gasteiger partial charge is 0.303 e. The number of fused-ring (bicyclic) bond motifs is 5. The molecular weight excluding hydrogens is 913 g/mol. The molecule has 2 unspecified atom stereocenters. The van der Waals surface area contributed by atoms with E-state index in [1.807, 2.05) is 48.3 Å². The van der Waals surface area contributed by atoms with E-state index in [9.17, 15) is 45.6 Å². The highest BCUT2D eigenvalue weighted by atomic mass is 32.2. The normalized spacial score (nSPS) is 22.7. The molecule has 2 aromatic carbocycles. The average Bonchev–Trinajstić information content (AvgIpc) is 3.60. The molecule has 0 aromatic heterocycles. The molecule has 3 heterocycles. The second kappa shape index (κ2) is 23.7. The number of carboxylic acid groups (broad SMARTS) is 1. The summed E-state index contributed by atoms with van der Waals surface area (Å²) < 4.78 is 75.3. The number of nitrogens with zero attached hydrogens (tertiary/aromatic N) is 2. The molecule has 0 aliphatic carbocycles. The van der Waals surface area contributed by atoms with Crippen LogP contribution in [0.1, 0.15) is 128 Å². The van der Waals surface area contributed by atoms with E-state index in [4.69, 9.17) is 5.11 Å². The summed E-state index contributed by atoms with van der Waals surface area (Å²) in [6.07, 6.45) is 13.9. The van der Waals surface area contributed by atoms with Crippen molar-refractivity contribution in [2.75, 3.05) is 36.8 Å². The lowest BCUT2D eigenvalue weighted by atomic mass is 9.77. The van der Waals surface area contributed by atoms with Gasteiger partial charge in [-0.05, 0) is 114 Å². The van der Waals surface area contributed by atoms with Crippen molar-refractivity contribution in [3.63, 3.8) is 0 Å². The van der Waals surface area contributed by atoms with Crippen LogP contribution in [0.5, 0.6) is 0 Å². The monoisotopic (exact) mass is 976 g/mol. The molecule has 3 aliphatic heterocycles. The molecular formula is C46H64N4O13S3. The third-order valence-corrected chi connectivity index (χ3v) is 15.1. The van der Waals surface area contributed by atoms with Crippen LogP contribution < -0.4 is 20.8 Å². The van der Waals surface area contributed by atoms with Crippen LogP contribution in [-0.2, 0) is 54.8 Å². The van der Waals surface area contributed by atoms with Crippen molar-refractivity contribution in [1.29, 1.82) is 0 Å². The standard InChI is InChI=1S/C46H64N4O13S3/c1-45(2)36-29-34(64-63-62-55)21-23-38(36)49-26-12-6-9-19-43(52)48-32-33(15-7-4-10-20-44(53)54)31-47-42(51)18-8-5-11-25-46(3)37-30-35(66(59,60)61)22-24-39(37)50(27-14-28-65(56,57)58)41(46)17-13-16-40(45)49/h13,16-17,21-24,29-30,33H,4-12,14-15,18-20,25-28,31-32H2,1-3H3,(H5-,47,48,51,52,53,54,55,56,57,58,59,60,61). The minimum Gasteiger partial charge on any atom is -0.691 e. The van der Waals surface area contributed by atoms with Crippen molar-refractivity contribution in [2.24, 2.45) is 5.92 Å². The molecule has 0 saturated carbocycles. The Balaban J connectivity index is 1.52. The topological polar surface area (TPSA) is 252 Å². The molecule has 5 rings (SSSR count). The summed E-state index contributed by atoms with van der Waals surface area (Å²) >= 11 is 0.803. The maximum absolute atomic E-state index is 13.1. The van der Waals surface area contributed by atoms with Crippen LogP contribution in [0.2, 0.25) is 0 Å². The van der Waals surface area contributed by atoms with Crippen LogP contribution in [0.3, 0.4) is 0 Å². The van der Waals surface area contributed by atoms with E-state index in [0.717, 1.165) is 60.4 Å². The van der Waals surface area contributed by atoms with Gasteiger partial charge in [-0.15, -0.1) is 0 Å². The van der Waals surface area contributed by atoms with Gasteiger partial charge in [0, 0.05) is 84.7 Å². The van der Waals surface area contributed by atoms with Gasteiger partial charge in [0.2, 0.25) is 17.5 Å². The van der Waals surface area contributed by atoms with Gasteiger partial charge in [-0.2, -0.15) is 25.7 Å². The van der Waals surface area contributed by atoms with Crippen LogP contribution in [0.25, 0.3) is 0 Å². The average molecular weight is 977 g/mol.